The molecular weight excluding hydrogens is 342 g/mol. The van der Waals surface area contributed by atoms with Crippen molar-refractivity contribution in [2.24, 2.45) is 11.7 Å². The lowest BCUT2D eigenvalue weighted by atomic mass is 9.89. The standard InChI is InChI=1S/C21H27N3O3/c1-14-20(15(2)27-23-14)21(26)24-11-9-18(10-12-24)13-17-5-3-16(4-6-17)7-8-19(22)25/h3-6,18H,7-13H2,1-2H3,(H2,22,25). The molecule has 1 aliphatic rings. The van der Waals surface area contributed by atoms with Crippen LogP contribution in [-0.2, 0) is 17.6 Å². The van der Waals surface area contributed by atoms with E-state index in [1.165, 1.54) is 5.56 Å². The summed E-state index contributed by atoms with van der Waals surface area (Å²) in [5.74, 6) is 0.937. The first kappa shape index (κ1) is 19.1. The molecule has 0 unspecified atom stereocenters. The highest BCUT2D eigenvalue weighted by Gasteiger charge is 2.27. The number of hydrogen-bond acceptors (Lipinski definition) is 4. The second-order valence-electron chi connectivity index (χ2n) is 7.42. The Morgan fingerprint density at radius 1 is 1.15 bits per heavy atom. The zero-order valence-electron chi connectivity index (χ0n) is 16.0. The molecule has 2 aromatic rings. The van der Waals surface area contributed by atoms with Gasteiger partial charge in [0.1, 0.15) is 11.3 Å². The minimum absolute atomic E-state index is 0.0310. The zero-order chi connectivity index (χ0) is 19.4. The number of likely N-dealkylation sites (tertiary alicyclic amines) is 1. The van der Waals surface area contributed by atoms with Crippen LogP contribution in [0.25, 0.3) is 0 Å². The molecule has 2 N–H and O–H groups in total. The second-order valence-corrected chi connectivity index (χ2v) is 7.42. The molecule has 1 saturated heterocycles. The second kappa shape index (κ2) is 8.37. The van der Waals surface area contributed by atoms with E-state index in [4.69, 9.17) is 10.3 Å². The van der Waals surface area contributed by atoms with Gasteiger partial charge in [0, 0.05) is 19.5 Å². The van der Waals surface area contributed by atoms with Gasteiger partial charge < -0.3 is 15.2 Å². The molecule has 0 saturated carbocycles. The van der Waals surface area contributed by atoms with Crippen LogP contribution in [0.15, 0.2) is 28.8 Å². The fourth-order valence-electron chi connectivity index (χ4n) is 3.73. The number of carbonyl (C=O) groups is 2. The van der Waals surface area contributed by atoms with E-state index < -0.39 is 0 Å². The number of hydrogen-bond donors (Lipinski definition) is 1. The molecule has 0 aliphatic carbocycles. The zero-order valence-corrected chi connectivity index (χ0v) is 16.0. The number of nitrogens with zero attached hydrogens (tertiary/aromatic N) is 2. The van der Waals surface area contributed by atoms with Crippen LogP contribution >= 0.6 is 0 Å². The Bertz CT molecular complexity index is 783. The van der Waals surface area contributed by atoms with Crippen LogP contribution in [-0.4, -0.2) is 35.0 Å². The van der Waals surface area contributed by atoms with Crippen LogP contribution in [0.3, 0.4) is 0 Å². The van der Waals surface area contributed by atoms with Gasteiger partial charge in [-0.3, -0.25) is 9.59 Å². The molecule has 1 aromatic heterocycles. The van der Waals surface area contributed by atoms with Crippen LogP contribution in [0.5, 0.6) is 0 Å². The highest BCUT2D eigenvalue weighted by molar-refractivity contribution is 5.96. The average molecular weight is 369 g/mol. The summed E-state index contributed by atoms with van der Waals surface area (Å²) >= 11 is 0. The summed E-state index contributed by atoms with van der Waals surface area (Å²) < 4.78 is 5.12. The summed E-state index contributed by atoms with van der Waals surface area (Å²) in [4.78, 5) is 25.5. The van der Waals surface area contributed by atoms with Crippen LogP contribution < -0.4 is 5.73 Å². The van der Waals surface area contributed by atoms with Crippen molar-refractivity contribution in [3.05, 3.63) is 52.4 Å². The van der Waals surface area contributed by atoms with Crippen molar-refractivity contribution < 1.29 is 14.1 Å². The summed E-state index contributed by atoms with van der Waals surface area (Å²) in [5, 5.41) is 3.88. The van der Waals surface area contributed by atoms with E-state index in [1.807, 2.05) is 11.8 Å². The van der Waals surface area contributed by atoms with E-state index in [0.717, 1.165) is 37.9 Å². The topological polar surface area (TPSA) is 89.4 Å². The van der Waals surface area contributed by atoms with Gasteiger partial charge in [-0.25, -0.2) is 0 Å². The smallest absolute Gasteiger partial charge is 0.259 e. The quantitative estimate of drug-likeness (QED) is 0.848. The number of aryl methyl sites for hydroxylation is 3. The lowest BCUT2D eigenvalue weighted by molar-refractivity contribution is -0.117. The molecule has 6 nitrogen and oxygen atoms in total. The molecular formula is C21H27N3O3. The highest BCUT2D eigenvalue weighted by atomic mass is 16.5. The molecule has 27 heavy (non-hydrogen) atoms. The van der Waals surface area contributed by atoms with E-state index >= 15 is 0 Å². The summed E-state index contributed by atoms with van der Waals surface area (Å²) in [6.45, 7) is 5.13. The average Bonchev–Trinajstić information content (AvgIpc) is 2.99. The molecule has 1 aromatic carbocycles. The number of aromatic nitrogens is 1. The monoisotopic (exact) mass is 369 g/mol. The van der Waals surface area contributed by atoms with Gasteiger partial charge in [0.15, 0.2) is 0 Å². The van der Waals surface area contributed by atoms with Crippen molar-refractivity contribution in [3.8, 4) is 0 Å². The molecule has 2 heterocycles. The molecule has 144 valence electrons. The lowest BCUT2D eigenvalue weighted by Crippen LogP contribution is -2.39. The van der Waals surface area contributed by atoms with Crippen molar-refractivity contribution in [1.82, 2.24) is 10.1 Å². The molecule has 1 aliphatic heterocycles. The van der Waals surface area contributed by atoms with Gasteiger partial charge in [-0.2, -0.15) is 0 Å². The third-order valence-electron chi connectivity index (χ3n) is 5.36. The van der Waals surface area contributed by atoms with Crippen molar-refractivity contribution in [3.63, 3.8) is 0 Å². The SMILES string of the molecule is Cc1noc(C)c1C(=O)N1CCC(Cc2ccc(CCC(N)=O)cc2)CC1. The third-order valence-corrected chi connectivity index (χ3v) is 5.36. The van der Waals surface area contributed by atoms with Gasteiger partial charge in [0.25, 0.3) is 5.91 Å². The largest absolute Gasteiger partial charge is 0.370 e. The molecule has 2 amide bonds. The Morgan fingerprint density at radius 3 is 2.33 bits per heavy atom. The minimum atomic E-state index is -0.267. The predicted octanol–water partition coefficient (Wildman–Crippen LogP) is 2.80. The van der Waals surface area contributed by atoms with Gasteiger partial charge in [-0.15, -0.1) is 0 Å². The normalized spacial score (nSPS) is 15.1. The first-order valence-corrected chi connectivity index (χ1v) is 9.52. The number of primary amides is 1. The fraction of sp³-hybridized carbons (Fsp3) is 0.476. The van der Waals surface area contributed by atoms with Crippen LogP contribution in [0.1, 0.15) is 52.2 Å². The molecule has 0 radical (unpaired) electrons. The van der Waals surface area contributed by atoms with Crippen LogP contribution in [0.2, 0.25) is 0 Å². The lowest BCUT2D eigenvalue weighted by Gasteiger charge is -2.32. The van der Waals surface area contributed by atoms with Gasteiger partial charge >= 0.3 is 0 Å². The Kier molecular flexibility index (Phi) is 5.94. The third kappa shape index (κ3) is 4.76. The Labute approximate surface area is 159 Å². The van der Waals surface area contributed by atoms with Crippen LogP contribution in [0, 0.1) is 19.8 Å². The summed E-state index contributed by atoms with van der Waals surface area (Å²) in [5.41, 5.74) is 8.91. The number of piperidine rings is 1. The predicted molar refractivity (Wildman–Crippen MR) is 102 cm³/mol. The van der Waals surface area contributed by atoms with Gasteiger partial charge in [0.05, 0.1) is 5.69 Å². The number of benzene rings is 1. The summed E-state index contributed by atoms with van der Waals surface area (Å²) in [6, 6.07) is 8.43. The van der Waals surface area contributed by atoms with Crippen molar-refractivity contribution in [2.45, 2.75) is 46.0 Å². The van der Waals surface area contributed by atoms with E-state index in [0.29, 0.717) is 35.8 Å². The van der Waals surface area contributed by atoms with Gasteiger partial charge in [0.2, 0.25) is 5.91 Å². The van der Waals surface area contributed by atoms with E-state index in [-0.39, 0.29) is 11.8 Å². The molecule has 6 heteroatoms. The summed E-state index contributed by atoms with van der Waals surface area (Å²) in [6.07, 6.45) is 4.09. The Morgan fingerprint density at radius 2 is 1.78 bits per heavy atom. The maximum atomic E-state index is 12.7. The molecule has 0 atom stereocenters. The van der Waals surface area contributed by atoms with Crippen molar-refractivity contribution in [2.75, 3.05) is 13.1 Å². The molecule has 3 rings (SSSR count). The number of nitrogens with two attached hydrogens (primary N) is 1. The molecule has 0 spiro atoms. The first-order chi connectivity index (χ1) is 12.9. The number of carbonyl (C=O) groups excluding carboxylic acids is 2. The maximum Gasteiger partial charge on any atom is 0.259 e. The van der Waals surface area contributed by atoms with Gasteiger partial charge in [-0.05, 0) is 56.6 Å². The van der Waals surface area contributed by atoms with Crippen molar-refractivity contribution >= 4 is 11.8 Å². The molecule has 1 fully saturated rings. The highest BCUT2D eigenvalue weighted by Crippen LogP contribution is 2.24. The molecule has 0 bridgehead atoms. The van der Waals surface area contributed by atoms with E-state index in [9.17, 15) is 9.59 Å². The maximum absolute atomic E-state index is 12.7. The number of rotatable bonds is 6. The minimum Gasteiger partial charge on any atom is -0.370 e. The van der Waals surface area contributed by atoms with E-state index in [2.05, 4.69) is 29.4 Å². The van der Waals surface area contributed by atoms with Crippen LogP contribution in [0.4, 0.5) is 0 Å². The fourth-order valence-corrected chi connectivity index (χ4v) is 3.73. The van der Waals surface area contributed by atoms with E-state index in [1.54, 1.807) is 6.92 Å². The Balaban J connectivity index is 1.51. The summed E-state index contributed by atoms with van der Waals surface area (Å²) in [7, 11) is 0. The Hall–Kier alpha value is -2.63. The van der Waals surface area contributed by atoms with Gasteiger partial charge in [-0.1, -0.05) is 29.4 Å². The van der Waals surface area contributed by atoms with Crippen molar-refractivity contribution in [1.29, 1.82) is 0 Å². The first-order valence-electron chi connectivity index (χ1n) is 9.52. The number of amides is 2.